The predicted molar refractivity (Wildman–Crippen MR) is 107 cm³/mol. The van der Waals surface area contributed by atoms with Crippen molar-refractivity contribution in [2.75, 3.05) is 38.3 Å². The number of anilines is 1. The van der Waals surface area contributed by atoms with E-state index in [0.717, 1.165) is 64.3 Å². The normalized spacial score (nSPS) is 20.5. The Morgan fingerprint density at radius 1 is 1.29 bits per heavy atom. The third-order valence-electron chi connectivity index (χ3n) is 6.04. The largest absolute Gasteiger partial charge is 0.379 e. The molecular formula is C21H29N5O2. The minimum Gasteiger partial charge on any atom is -0.379 e. The van der Waals surface area contributed by atoms with Gasteiger partial charge in [-0.15, -0.1) is 0 Å². The molecule has 2 aromatic heterocycles. The van der Waals surface area contributed by atoms with Gasteiger partial charge < -0.3 is 14.5 Å². The number of likely N-dealkylation sites (tertiary alicyclic amines) is 1. The number of nitrogens with zero attached hydrogens (tertiary/aromatic N) is 5. The fourth-order valence-corrected chi connectivity index (χ4v) is 4.09. The first kappa shape index (κ1) is 18.9. The Labute approximate surface area is 166 Å². The van der Waals surface area contributed by atoms with Crippen molar-refractivity contribution in [1.82, 2.24) is 19.7 Å². The van der Waals surface area contributed by atoms with Crippen molar-refractivity contribution in [3.8, 4) is 0 Å². The molecule has 4 heterocycles. The van der Waals surface area contributed by atoms with Crippen molar-refractivity contribution >= 4 is 11.7 Å². The number of piperidine rings is 1. The van der Waals surface area contributed by atoms with Gasteiger partial charge in [-0.05, 0) is 49.8 Å². The summed E-state index contributed by atoms with van der Waals surface area (Å²) in [5.41, 5.74) is 0.676. The van der Waals surface area contributed by atoms with Crippen molar-refractivity contribution in [3.05, 3.63) is 42.4 Å². The zero-order chi connectivity index (χ0) is 19.3. The average molecular weight is 383 g/mol. The van der Waals surface area contributed by atoms with Crippen LogP contribution in [0.4, 0.5) is 5.82 Å². The summed E-state index contributed by atoms with van der Waals surface area (Å²) in [4.78, 5) is 21.5. The van der Waals surface area contributed by atoms with Crippen molar-refractivity contribution in [3.63, 3.8) is 0 Å². The summed E-state index contributed by atoms with van der Waals surface area (Å²) in [5, 5.41) is 4.26. The van der Waals surface area contributed by atoms with Gasteiger partial charge in [-0.2, -0.15) is 5.10 Å². The summed E-state index contributed by atoms with van der Waals surface area (Å²) in [6, 6.07) is 6.18. The lowest BCUT2D eigenvalue weighted by Crippen LogP contribution is -2.38. The molecule has 150 valence electrons. The van der Waals surface area contributed by atoms with Gasteiger partial charge >= 0.3 is 0 Å². The molecule has 7 nitrogen and oxygen atoms in total. The first-order valence-electron chi connectivity index (χ1n) is 10.2. The molecule has 0 radical (unpaired) electrons. The number of aryl methyl sites for hydroxylation is 1. The lowest BCUT2D eigenvalue weighted by molar-refractivity contribution is 0.0684. The number of carbonyl (C=O) groups is 1. The van der Waals surface area contributed by atoms with Crippen LogP contribution in [0.5, 0.6) is 0 Å². The van der Waals surface area contributed by atoms with E-state index in [4.69, 9.17) is 4.74 Å². The fourth-order valence-electron chi connectivity index (χ4n) is 4.09. The van der Waals surface area contributed by atoms with Gasteiger partial charge in [0.1, 0.15) is 5.82 Å². The Hall–Kier alpha value is -2.41. The topological polar surface area (TPSA) is 63.5 Å². The lowest BCUT2D eigenvalue weighted by Gasteiger charge is -2.32. The summed E-state index contributed by atoms with van der Waals surface area (Å²) >= 11 is 0. The van der Waals surface area contributed by atoms with Crippen molar-refractivity contribution < 1.29 is 9.53 Å². The molecule has 0 bridgehead atoms. The van der Waals surface area contributed by atoms with E-state index in [1.807, 2.05) is 47.2 Å². The summed E-state index contributed by atoms with van der Waals surface area (Å²) in [6.07, 6.45) is 9.80. The first-order chi connectivity index (χ1) is 13.7. The summed E-state index contributed by atoms with van der Waals surface area (Å²) in [5.74, 6) is 1.65. The van der Waals surface area contributed by atoms with E-state index in [-0.39, 0.29) is 5.91 Å². The minimum absolute atomic E-state index is 0.0939. The summed E-state index contributed by atoms with van der Waals surface area (Å²) < 4.78 is 7.44. The zero-order valence-electron chi connectivity index (χ0n) is 16.5. The van der Waals surface area contributed by atoms with Gasteiger partial charge in [0.25, 0.3) is 5.91 Å². The molecule has 1 amide bonds. The molecule has 2 aromatic rings. The molecule has 0 aromatic carbocycles. The Kier molecular flexibility index (Phi) is 5.90. The summed E-state index contributed by atoms with van der Waals surface area (Å²) in [6.45, 7) is 4.15. The molecule has 2 fully saturated rings. The molecule has 0 saturated carbocycles. The van der Waals surface area contributed by atoms with Gasteiger partial charge in [-0.25, -0.2) is 4.98 Å². The maximum absolute atomic E-state index is 12.8. The van der Waals surface area contributed by atoms with Gasteiger partial charge in [-0.3, -0.25) is 9.48 Å². The van der Waals surface area contributed by atoms with E-state index >= 15 is 0 Å². The second-order valence-corrected chi connectivity index (χ2v) is 7.83. The maximum Gasteiger partial charge on any atom is 0.255 e. The van der Waals surface area contributed by atoms with Crippen molar-refractivity contribution in [2.45, 2.75) is 38.3 Å². The molecule has 7 heteroatoms. The first-order valence-corrected chi connectivity index (χ1v) is 10.2. The molecule has 0 spiro atoms. The smallest absolute Gasteiger partial charge is 0.255 e. The van der Waals surface area contributed by atoms with E-state index in [2.05, 4.69) is 15.0 Å². The van der Waals surface area contributed by atoms with Crippen LogP contribution < -0.4 is 4.90 Å². The van der Waals surface area contributed by atoms with Crippen LogP contribution in [0.2, 0.25) is 0 Å². The number of aromatic nitrogens is 3. The highest BCUT2D eigenvalue weighted by molar-refractivity contribution is 5.94. The molecule has 4 rings (SSSR count). The van der Waals surface area contributed by atoms with Gasteiger partial charge in [0.2, 0.25) is 0 Å². The minimum atomic E-state index is 0.0939. The van der Waals surface area contributed by atoms with Crippen LogP contribution in [0.3, 0.4) is 0 Å². The molecule has 2 saturated heterocycles. The van der Waals surface area contributed by atoms with E-state index in [1.165, 1.54) is 0 Å². The van der Waals surface area contributed by atoms with Crippen LogP contribution in [0, 0.1) is 5.92 Å². The lowest BCUT2D eigenvalue weighted by atomic mass is 9.93. The number of likely N-dealkylation sites (N-methyl/N-ethyl adjacent to an activating group) is 1. The molecule has 28 heavy (non-hydrogen) atoms. The molecular weight excluding hydrogens is 354 g/mol. The molecule has 0 N–H and O–H groups in total. The number of rotatable bonds is 6. The van der Waals surface area contributed by atoms with E-state index in [9.17, 15) is 4.79 Å². The molecule has 2 aliphatic heterocycles. The standard InChI is InChI=1S/C21H29N5O2/c1-24(19-8-14-28-16-19)20-4-3-18(15-22-20)21(27)25-11-5-17(6-12-25)7-13-26-10-2-9-23-26/h2-4,9-10,15,17,19H,5-8,11-14,16H2,1H3/t19-/m0/s1. The average Bonchev–Trinajstić information content (AvgIpc) is 3.46. The quantitative estimate of drug-likeness (QED) is 0.767. The van der Waals surface area contributed by atoms with Gasteiger partial charge in [-0.1, -0.05) is 0 Å². The van der Waals surface area contributed by atoms with Crippen LogP contribution in [-0.4, -0.2) is 65.0 Å². The van der Waals surface area contributed by atoms with Crippen molar-refractivity contribution in [2.24, 2.45) is 5.92 Å². The number of pyridine rings is 1. The van der Waals surface area contributed by atoms with Crippen LogP contribution in [0.1, 0.15) is 36.0 Å². The molecule has 0 unspecified atom stereocenters. The predicted octanol–water partition coefficient (Wildman–Crippen LogP) is 2.45. The van der Waals surface area contributed by atoms with Crippen LogP contribution in [0.25, 0.3) is 0 Å². The zero-order valence-corrected chi connectivity index (χ0v) is 16.5. The van der Waals surface area contributed by atoms with Crippen LogP contribution >= 0.6 is 0 Å². The van der Waals surface area contributed by atoms with Gasteiger partial charge in [0.15, 0.2) is 0 Å². The highest BCUT2D eigenvalue weighted by atomic mass is 16.5. The van der Waals surface area contributed by atoms with E-state index in [0.29, 0.717) is 17.5 Å². The number of hydrogen-bond donors (Lipinski definition) is 0. The second kappa shape index (κ2) is 8.73. The third-order valence-corrected chi connectivity index (χ3v) is 6.04. The van der Waals surface area contributed by atoms with E-state index < -0.39 is 0 Å². The van der Waals surface area contributed by atoms with Gasteiger partial charge in [0.05, 0.1) is 18.2 Å². The molecule has 1 atom stereocenters. The Morgan fingerprint density at radius 3 is 2.79 bits per heavy atom. The number of amides is 1. The maximum atomic E-state index is 12.8. The Balaban J connectivity index is 1.27. The van der Waals surface area contributed by atoms with Crippen LogP contribution in [-0.2, 0) is 11.3 Å². The van der Waals surface area contributed by atoms with E-state index in [1.54, 1.807) is 6.20 Å². The highest BCUT2D eigenvalue weighted by Gasteiger charge is 2.25. The number of carbonyl (C=O) groups excluding carboxylic acids is 1. The highest BCUT2D eigenvalue weighted by Crippen LogP contribution is 2.23. The second-order valence-electron chi connectivity index (χ2n) is 7.83. The summed E-state index contributed by atoms with van der Waals surface area (Å²) in [7, 11) is 2.04. The van der Waals surface area contributed by atoms with Gasteiger partial charge in [0, 0.05) is 51.9 Å². The monoisotopic (exact) mass is 383 g/mol. The Morgan fingerprint density at radius 2 is 2.14 bits per heavy atom. The molecule has 2 aliphatic rings. The van der Waals surface area contributed by atoms with Crippen LogP contribution in [0.15, 0.2) is 36.8 Å². The number of hydrogen-bond acceptors (Lipinski definition) is 5. The van der Waals surface area contributed by atoms with Crippen molar-refractivity contribution in [1.29, 1.82) is 0 Å². The SMILES string of the molecule is CN(c1ccc(C(=O)N2CCC(CCn3cccn3)CC2)cn1)[C@H]1CCOC1. The fraction of sp³-hybridized carbons (Fsp3) is 0.571. The third kappa shape index (κ3) is 4.35. The number of ether oxygens (including phenoxy) is 1. The Bertz CT molecular complexity index is 748. The molecule has 0 aliphatic carbocycles.